The number of rotatable bonds is 26. The van der Waals surface area contributed by atoms with Gasteiger partial charge in [-0.2, -0.15) is 0 Å². The summed E-state index contributed by atoms with van der Waals surface area (Å²) >= 11 is -8.33. The van der Waals surface area contributed by atoms with Crippen molar-refractivity contribution in [2.24, 2.45) is 0 Å². The number of hydrogen-bond donors (Lipinski definition) is 0. The summed E-state index contributed by atoms with van der Waals surface area (Å²) in [4.78, 5) is 3.02. The SMILES string of the molecule is COc1ccccc1N1CCN(Cc2cc[c]([Sn]([CH2]CC(F)(F)C(F)(F)C(F)(F)C(F)(F)C(F)(F)C(F)(F)F)([CH2]CC(F)(F)C(F)(F)C(F)(F)C(F)(F)C(F)(F)C(F)(F)F)[CH2]CC(F)(F)C(F)(F)C(F)(F)C(F)(F)C(F)(F)C(F)(F)F)cc2)CC1. The molecule has 0 bridgehead atoms. The van der Waals surface area contributed by atoms with E-state index >= 15 is 52.7 Å². The number of anilines is 1. The van der Waals surface area contributed by atoms with Gasteiger partial charge in [0.2, 0.25) is 0 Å². The molecule has 1 fully saturated rings. The average Bonchev–Trinajstić information content (AvgIpc) is 0.894. The van der Waals surface area contributed by atoms with Crippen LogP contribution in [0.4, 0.5) is 177 Å². The summed E-state index contributed by atoms with van der Waals surface area (Å²) in [6.45, 7) is -0.690. The summed E-state index contributed by atoms with van der Waals surface area (Å²) in [5.74, 6) is -127. The van der Waals surface area contributed by atoms with Crippen LogP contribution >= 0.6 is 0 Å². The fourth-order valence-corrected chi connectivity index (χ4v) is 22.0. The van der Waals surface area contributed by atoms with Gasteiger partial charge >= 0.3 is 440 Å². The molecule has 1 saturated heterocycles. The van der Waals surface area contributed by atoms with Crippen LogP contribution in [0.1, 0.15) is 24.8 Å². The Hall–Kier alpha value is -3.93. The van der Waals surface area contributed by atoms with Crippen molar-refractivity contribution in [3.05, 3.63) is 54.1 Å². The van der Waals surface area contributed by atoms with Gasteiger partial charge in [0.15, 0.2) is 0 Å². The number of para-hydroxylation sites is 2. The molecule has 1 aliphatic heterocycles. The zero-order valence-corrected chi connectivity index (χ0v) is 43.8. The van der Waals surface area contributed by atoms with Gasteiger partial charge in [0.05, 0.1) is 7.11 Å². The molecule has 43 heteroatoms. The first-order chi connectivity index (χ1) is 37.3. The second-order valence-electron chi connectivity index (χ2n) is 18.9. The molecule has 0 atom stereocenters. The molecule has 0 amide bonds. The van der Waals surface area contributed by atoms with E-state index < -0.39 is 168 Å². The van der Waals surface area contributed by atoms with E-state index in [9.17, 15) is 119 Å². The molecule has 3 rings (SSSR count). The molecule has 1 aliphatic rings. The maximum atomic E-state index is 15.5. The van der Waals surface area contributed by atoms with Crippen molar-refractivity contribution in [2.75, 3.05) is 38.2 Å². The summed E-state index contributed by atoms with van der Waals surface area (Å²) in [7, 11) is 1.24. The molecular weight excluding hydrogens is 1410 g/mol. The number of ether oxygens (including phenoxy) is 1. The van der Waals surface area contributed by atoms with E-state index in [1.807, 2.05) is 0 Å². The quantitative estimate of drug-likeness (QED) is 0.0690. The van der Waals surface area contributed by atoms with Gasteiger partial charge in [-0.25, -0.2) is 0 Å². The third-order valence-electron chi connectivity index (χ3n) is 13.5. The van der Waals surface area contributed by atoms with Crippen LogP contribution in [-0.4, -0.2) is 164 Å². The Labute approximate surface area is 452 Å². The fourth-order valence-electron chi connectivity index (χ4n) is 8.13. The van der Waals surface area contributed by atoms with Gasteiger partial charge < -0.3 is 0 Å². The van der Waals surface area contributed by atoms with Gasteiger partial charge in [-0.3, -0.25) is 0 Å². The molecule has 0 unspecified atom stereocenters. The Morgan fingerprint density at radius 2 is 0.612 bits per heavy atom. The van der Waals surface area contributed by atoms with E-state index in [1.165, 1.54) is 36.3 Å². The van der Waals surface area contributed by atoms with Crippen LogP contribution in [0.2, 0.25) is 13.3 Å². The van der Waals surface area contributed by atoms with Gasteiger partial charge in [-0.15, -0.1) is 0 Å². The van der Waals surface area contributed by atoms with Crippen LogP contribution in [0, 0.1) is 0 Å². The molecule has 0 saturated carbocycles. The number of alkyl halides is 39. The van der Waals surface area contributed by atoms with Crippen molar-refractivity contribution < 1.29 is 176 Å². The van der Waals surface area contributed by atoms with Crippen LogP contribution in [-0.2, 0) is 6.54 Å². The second-order valence-corrected chi connectivity index (χ2v) is 32.1. The van der Waals surface area contributed by atoms with Gasteiger partial charge in [0.25, 0.3) is 0 Å². The molecule has 0 aromatic heterocycles. The van der Waals surface area contributed by atoms with Gasteiger partial charge in [0.1, 0.15) is 0 Å². The monoisotopic (exact) mass is 1440 g/mol. The number of hydrogen-bond acceptors (Lipinski definition) is 3. The van der Waals surface area contributed by atoms with E-state index in [1.54, 1.807) is 4.90 Å². The summed E-state index contributed by atoms with van der Waals surface area (Å²) in [6.07, 6.45) is -36.5. The van der Waals surface area contributed by atoms with Crippen LogP contribution < -0.4 is 13.2 Å². The van der Waals surface area contributed by atoms with E-state index in [2.05, 4.69) is 0 Å². The normalized spacial score (nSPS) is 17.0. The van der Waals surface area contributed by atoms with Crippen LogP contribution in [0.15, 0.2) is 48.5 Å². The number of piperazine rings is 1. The van der Waals surface area contributed by atoms with Crippen LogP contribution in [0.25, 0.3) is 0 Å². The minimum atomic E-state index is -8.89. The molecule has 1 heterocycles. The number of nitrogens with zero attached hydrogens (tertiary/aromatic N) is 2. The van der Waals surface area contributed by atoms with Gasteiger partial charge in [-0.05, 0) is 0 Å². The van der Waals surface area contributed by atoms with Crippen LogP contribution in [0.3, 0.4) is 0 Å². The van der Waals surface area contributed by atoms with E-state index in [0.29, 0.717) is 17.8 Å². The van der Waals surface area contributed by atoms with Crippen molar-refractivity contribution in [1.29, 1.82) is 0 Å². The molecule has 0 aliphatic carbocycles. The molecule has 2 aromatic carbocycles. The van der Waals surface area contributed by atoms with E-state index in [-0.39, 0.29) is 49.6 Å². The summed E-state index contributed by atoms with van der Waals surface area (Å²) in [6, 6.07) is 6.73. The van der Waals surface area contributed by atoms with Crippen molar-refractivity contribution in [3.8, 4) is 5.75 Å². The molecular formula is C42H33F39N2OSn. The van der Waals surface area contributed by atoms with Gasteiger partial charge in [0, 0.05) is 0 Å². The molecule has 0 N–H and O–H groups in total. The zero-order valence-electron chi connectivity index (χ0n) is 40.9. The molecule has 0 spiro atoms. The zero-order chi connectivity index (χ0) is 67.1. The Kier molecular flexibility index (Phi) is 20.2. The average molecular weight is 1440 g/mol. The first kappa shape index (κ1) is 75.3. The number of benzene rings is 2. The number of halogens is 39. The first-order valence-corrected chi connectivity index (χ1v) is 29.9. The molecule has 85 heavy (non-hydrogen) atoms. The predicted molar refractivity (Wildman–Crippen MR) is 213 cm³/mol. The van der Waals surface area contributed by atoms with E-state index in [0.717, 1.165) is 0 Å². The predicted octanol–water partition coefficient (Wildman–Crippen LogP) is 17.1. The summed E-state index contributed by atoms with van der Waals surface area (Å²) in [5, 5.41) is 0. The Morgan fingerprint density at radius 1 is 0.341 bits per heavy atom. The fraction of sp³-hybridized carbons (Fsp3) is 0.714. The Bertz CT molecular complexity index is 2390. The minimum absolute atomic E-state index is 0.0189. The Morgan fingerprint density at radius 3 is 0.882 bits per heavy atom. The Balaban J connectivity index is 2.44. The third-order valence-corrected chi connectivity index (χ3v) is 28.3. The van der Waals surface area contributed by atoms with Crippen molar-refractivity contribution in [1.82, 2.24) is 4.90 Å². The first-order valence-electron chi connectivity index (χ1n) is 22.4. The molecule has 494 valence electrons. The topological polar surface area (TPSA) is 15.7 Å². The van der Waals surface area contributed by atoms with Gasteiger partial charge in [-0.1, -0.05) is 6.07 Å². The molecule has 0 radical (unpaired) electrons. The van der Waals surface area contributed by atoms with Crippen molar-refractivity contribution in [3.63, 3.8) is 0 Å². The number of methoxy groups -OCH3 is 1. The van der Waals surface area contributed by atoms with Crippen molar-refractivity contribution in [2.45, 2.75) is 146 Å². The van der Waals surface area contributed by atoms with E-state index in [4.69, 9.17) is 4.74 Å². The summed E-state index contributed by atoms with van der Waals surface area (Å²) < 4.78 is 546. The molecule has 2 aromatic rings. The standard InChI is InChI=1S/C18H21N2O.3C8H4F13.Sn/c1-21-18-10-6-5-9-17(18)20-13-11-19(12-14-20)15-16-7-3-2-4-8-16;3*1-2-3(9,10)4(11,12)5(13,14)6(15,16)7(17,18)8(19,20)21;/h3-10H,11-15H2,1H3;3*1-2H2;. The summed E-state index contributed by atoms with van der Waals surface area (Å²) in [5.41, 5.74) is 0.0607. The molecule has 3 nitrogen and oxygen atoms in total. The third kappa shape index (κ3) is 12.3. The van der Waals surface area contributed by atoms with Crippen LogP contribution in [0.5, 0.6) is 5.75 Å². The van der Waals surface area contributed by atoms with Crippen molar-refractivity contribution >= 4 is 27.6 Å². The maximum absolute atomic E-state index is 15.5. The second kappa shape index (κ2) is 22.8.